The van der Waals surface area contributed by atoms with Crippen LogP contribution in [0.4, 0.5) is 23.3 Å². The first-order valence-electron chi connectivity index (χ1n) is 8.46. The molecule has 1 aliphatic rings. The van der Waals surface area contributed by atoms with Gasteiger partial charge in [0.15, 0.2) is 11.5 Å². The molecule has 1 aliphatic heterocycles. The summed E-state index contributed by atoms with van der Waals surface area (Å²) in [4.78, 5) is 13.2. The number of anilines is 4. The fourth-order valence-electron chi connectivity index (χ4n) is 2.94. The Hall–Kier alpha value is -3.87. The van der Waals surface area contributed by atoms with Crippen molar-refractivity contribution in [2.24, 2.45) is 0 Å². The minimum atomic E-state index is 0.248. The molecule has 3 heterocycles. The van der Waals surface area contributed by atoms with Crippen LogP contribution >= 0.6 is 0 Å². The van der Waals surface area contributed by atoms with Crippen LogP contribution in [0.5, 0.6) is 11.5 Å². The Labute approximate surface area is 155 Å². The van der Waals surface area contributed by atoms with Crippen molar-refractivity contribution < 1.29 is 9.47 Å². The van der Waals surface area contributed by atoms with Crippen LogP contribution in [0.25, 0.3) is 10.8 Å². The zero-order valence-corrected chi connectivity index (χ0v) is 14.2. The maximum absolute atomic E-state index is 5.40. The molecule has 0 fully saturated rings. The number of aromatic nitrogens is 3. The summed E-state index contributed by atoms with van der Waals surface area (Å²) in [7, 11) is 0. The zero-order valence-electron chi connectivity index (χ0n) is 14.2. The van der Waals surface area contributed by atoms with Crippen LogP contribution in [0, 0.1) is 0 Å². The summed E-state index contributed by atoms with van der Waals surface area (Å²) in [5, 5.41) is 8.56. The van der Waals surface area contributed by atoms with Gasteiger partial charge in [-0.05, 0) is 29.7 Å². The van der Waals surface area contributed by atoms with Gasteiger partial charge in [0.2, 0.25) is 12.7 Å². The molecule has 4 aromatic rings. The highest BCUT2D eigenvalue weighted by molar-refractivity contribution is 5.92. The van der Waals surface area contributed by atoms with Crippen molar-refractivity contribution >= 4 is 34.0 Å². The van der Waals surface area contributed by atoms with Crippen molar-refractivity contribution in [1.82, 2.24) is 15.0 Å². The van der Waals surface area contributed by atoms with Gasteiger partial charge in [-0.1, -0.05) is 24.3 Å². The number of nitrogens with zero attached hydrogens (tertiary/aromatic N) is 3. The van der Waals surface area contributed by atoms with Crippen LogP contribution in [0.1, 0.15) is 0 Å². The van der Waals surface area contributed by atoms with Crippen LogP contribution in [-0.2, 0) is 0 Å². The van der Waals surface area contributed by atoms with Gasteiger partial charge in [0.1, 0.15) is 11.6 Å². The molecule has 2 aromatic carbocycles. The highest BCUT2D eigenvalue weighted by atomic mass is 16.7. The van der Waals surface area contributed by atoms with Crippen LogP contribution in [0.15, 0.2) is 67.0 Å². The summed E-state index contributed by atoms with van der Waals surface area (Å²) >= 11 is 0. The molecule has 0 bridgehead atoms. The van der Waals surface area contributed by atoms with Gasteiger partial charge >= 0.3 is 0 Å². The summed E-state index contributed by atoms with van der Waals surface area (Å²) in [6.07, 6.45) is 3.45. The predicted octanol–water partition coefficient (Wildman–Crippen LogP) is 4.24. The normalized spacial score (nSPS) is 12.1. The number of fused-ring (bicyclic) bond motifs is 2. The van der Waals surface area contributed by atoms with Gasteiger partial charge in [-0.25, -0.2) is 9.97 Å². The van der Waals surface area contributed by atoms with E-state index in [9.17, 15) is 0 Å². The Kier molecular flexibility index (Phi) is 3.68. The molecule has 27 heavy (non-hydrogen) atoms. The van der Waals surface area contributed by atoms with Crippen LogP contribution < -0.4 is 20.1 Å². The molecule has 7 nitrogen and oxygen atoms in total. The van der Waals surface area contributed by atoms with Crippen molar-refractivity contribution in [3.8, 4) is 11.5 Å². The number of hydrogen-bond donors (Lipinski definition) is 2. The second-order valence-corrected chi connectivity index (χ2v) is 5.96. The Morgan fingerprint density at radius 1 is 0.815 bits per heavy atom. The van der Waals surface area contributed by atoms with E-state index in [0.717, 1.165) is 22.2 Å². The lowest BCUT2D eigenvalue weighted by atomic mass is 10.1. The standard InChI is InChI=1S/C20H15N5O2/c1-2-4-15-13(3-1)7-9-21-19(15)25-20-22-10-8-18(24-20)23-14-5-6-16-17(11-14)27-12-26-16/h1-11H,12H2,(H2,21,22,23,24,25). The Morgan fingerprint density at radius 3 is 2.70 bits per heavy atom. The first-order valence-corrected chi connectivity index (χ1v) is 8.46. The number of hydrogen-bond acceptors (Lipinski definition) is 7. The van der Waals surface area contributed by atoms with E-state index in [1.807, 2.05) is 48.5 Å². The number of pyridine rings is 1. The smallest absolute Gasteiger partial charge is 0.231 e. The Bertz CT molecular complexity index is 1130. The molecule has 0 atom stereocenters. The molecular weight excluding hydrogens is 342 g/mol. The number of ether oxygens (including phenoxy) is 2. The summed E-state index contributed by atoms with van der Waals surface area (Å²) in [6, 6.07) is 17.5. The van der Waals surface area contributed by atoms with Gasteiger partial charge in [0.25, 0.3) is 0 Å². The van der Waals surface area contributed by atoms with Crippen molar-refractivity contribution in [1.29, 1.82) is 0 Å². The molecule has 0 radical (unpaired) electrons. The highest BCUT2D eigenvalue weighted by Gasteiger charge is 2.13. The van der Waals surface area contributed by atoms with E-state index in [2.05, 4.69) is 25.6 Å². The van der Waals surface area contributed by atoms with Gasteiger partial charge in [-0.3, -0.25) is 0 Å². The van der Waals surface area contributed by atoms with E-state index in [4.69, 9.17) is 9.47 Å². The second-order valence-electron chi connectivity index (χ2n) is 5.96. The number of nitrogens with one attached hydrogen (secondary N) is 2. The summed E-state index contributed by atoms with van der Waals surface area (Å²) in [5.74, 6) is 3.30. The summed E-state index contributed by atoms with van der Waals surface area (Å²) in [5.41, 5.74) is 0.854. The summed E-state index contributed by atoms with van der Waals surface area (Å²) < 4.78 is 10.7. The third-order valence-corrected chi connectivity index (χ3v) is 4.20. The van der Waals surface area contributed by atoms with E-state index in [0.29, 0.717) is 23.3 Å². The fourth-order valence-corrected chi connectivity index (χ4v) is 2.94. The SMILES string of the molecule is c1ccc2c(Nc3nccc(Nc4ccc5c(c4)OCO5)n3)nccc2c1. The molecule has 0 amide bonds. The molecule has 2 aromatic heterocycles. The lowest BCUT2D eigenvalue weighted by molar-refractivity contribution is 0.174. The first-order chi connectivity index (χ1) is 13.3. The molecule has 5 rings (SSSR count). The monoisotopic (exact) mass is 357 g/mol. The van der Waals surface area contributed by atoms with Crippen molar-refractivity contribution in [2.45, 2.75) is 0 Å². The third kappa shape index (κ3) is 3.06. The fraction of sp³-hybridized carbons (Fsp3) is 0.0500. The number of benzene rings is 2. The molecule has 7 heteroatoms. The minimum Gasteiger partial charge on any atom is -0.454 e. The van der Waals surface area contributed by atoms with Gasteiger partial charge in [-0.15, -0.1) is 0 Å². The topological polar surface area (TPSA) is 81.2 Å². The summed E-state index contributed by atoms with van der Waals surface area (Å²) in [6.45, 7) is 0.248. The third-order valence-electron chi connectivity index (χ3n) is 4.20. The highest BCUT2D eigenvalue weighted by Crippen LogP contribution is 2.35. The van der Waals surface area contributed by atoms with Crippen molar-refractivity contribution in [3.05, 3.63) is 67.0 Å². The maximum atomic E-state index is 5.40. The lowest BCUT2D eigenvalue weighted by Crippen LogP contribution is -2.02. The van der Waals surface area contributed by atoms with Crippen LogP contribution in [0.3, 0.4) is 0 Å². The molecule has 0 aliphatic carbocycles. The average Bonchev–Trinajstić information content (AvgIpc) is 3.16. The Morgan fingerprint density at radius 2 is 1.70 bits per heavy atom. The molecule has 132 valence electrons. The van der Waals surface area contributed by atoms with Crippen LogP contribution in [-0.4, -0.2) is 21.7 Å². The molecule has 0 saturated carbocycles. The molecular formula is C20H15N5O2. The predicted molar refractivity (Wildman–Crippen MR) is 103 cm³/mol. The van der Waals surface area contributed by atoms with Crippen molar-refractivity contribution in [3.63, 3.8) is 0 Å². The molecule has 0 unspecified atom stereocenters. The number of rotatable bonds is 4. The van der Waals surface area contributed by atoms with E-state index in [1.54, 1.807) is 18.5 Å². The van der Waals surface area contributed by atoms with E-state index >= 15 is 0 Å². The quantitative estimate of drug-likeness (QED) is 0.565. The van der Waals surface area contributed by atoms with Gasteiger partial charge in [0, 0.05) is 29.5 Å². The van der Waals surface area contributed by atoms with Crippen molar-refractivity contribution in [2.75, 3.05) is 17.4 Å². The second kappa shape index (κ2) is 6.45. The minimum absolute atomic E-state index is 0.248. The maximum Gasteiger partial charge on any atom is 0.231 e. The molecule has 0 spiro atoms. The Balaban J connectivity index is 1.40. The average molecular weight is 357 g/mol. The van der Waals surface area contributed by atoms with Gasteiger partial charge in [-0.2, -0.15) is 4.98 Å². The zero-order chi connectivity index (χ0) is 18.1. The first kappa shape index (κ1) is 15.4. The van der Waals surface area contributed by atoms with E-state index in [-0.39, 0.29) is 6.79 Å². The van der Waals surface area contributed by atoms with E-state index in [1.165, 1.54) is 0 Å². The van der Waals surface area contributed by atoms with E-state index < -0.39 is 0 Å². The molecule has 2 N–H and O–H groups in total. The van der Waals surface area contributed by atoms with Gasteiger partial charge in [0.05, 0.1) is 0 Å². The molecule has 0 saturated heterocycles. The van der Waals surface area contributed by atoms with Crippen LogP contribution in [0.2, 0.25) is 0 Å². The van der Waals surface area contributed by atoms with Gasteiger partial charge < -0.3 is 20.1 Å². The largest absolute Gasteiger partial charge is 0.454 e. The lowest BCUT2D eigenvalue weighted by Gasteiger charge is -2.10.